The number of aliphatic carboxylic acids is 1. The van der Waals surface area contributed by atoms with Crippen LogP contribution in [0.25, 0.3) is 0 Å². The summed E-state index contributed by atoms with van der Waals surface area (Å²) in [4.78, 5) is 25.9. The van der Waals surface area contributed by atoms with Gasteiger partial charge in [-0.1, -0.05) is 41.9 Å². The Labute approximate surface area is 132 Å². The molecule has 0 saturated heterocycles. The quantitative estimate of drug-likeness (QED) is 0.924. The van der Waals surface area contributed by atoms with E-state index in [0.29, 0.717) is 16.1 Å². The first-order valence-corrected chi connectivity index (χ1v) is 7.23. The highest BCUT2D eigenvalue weighted by molar-refractivity contribution is 6.30. The fourth-order valence-corrected chi connectivity index (χ4v) is 3.14. The lowest BCUT2D eigenvalue weighted by atomic mass is 9.80. The summed E-state index contributed by atoms with van der Waals surface area (Å²) in [5, 5.41) is 10.3. The number of carbonyl (C=O) groups excluding carboxylic acids is 1. The number of likely N-dealkylation sites (N-methyl/N-ethyl adjacent to an activating group) is 1. The number of carbonyl (C=O) groups is 2. The van der Waals surface area contributed by atoms with Gasteiger partial charge in [-0.25, -0.2) is 0 Å². The van der Waals surface area contributed by atoms with Gasteiger partial charge in [-0.05, 0) is 29.3 Å². The maximum Gasteiger partial charge on any atom is 0.313 e. The van der Waals surface area contributed by atoms with Crippen LogP contribution in [0.2, 0.25) is 5.02 Å². The van der Waals surface area contributed by atoms with Gasteiger partial charge in [-0.2, -0.15) is 0 Å². The van der Waals surface area contributed by atoms with Crippen molar-refractivity contribution in [2.24, 2.45) is 0 Å². The van der Waals surface area contributed by atoms with Crippen LogP contribution in [0.4, 0.5) is 0 Å². The van der Waals surface area contributed by atoms with Crippen molar-refractivity contribution < 1.29 is 14.7 Å². The highest BCUT2D eigenvalue weighted by Gasteiger charge is 2.42. The van der Waals surface area contributed by atoms with Crippen molar-refractivity contribution in [3.05, 3.63) is 70.2 Å². The van der Waals surface area contributed by atoms with E-state index in [1.165, 1.54) is 4.90 Å². The van der Waals surface area contributed by atoms with Gasteiger partial charge in [0.25, 0.3) is 5.91 Å². The fraction of sp³-hybridized carbons (Fsp3) is 0.176. The molecule has 1 aliphatic rings. The zero-order valence-electron chi connectivity index (χ0n) is 11.9. The first kappa shape index (κ1) is 14.6. The van der Waals surface area contributed by atoms with Gasteiger partial charge in [-0.15, -0.1) is 0 Å². The molecule has 4 nitrogen and oxygen atoms in total. The number of rotatable bonds is 2. The second-order valence-corrected chi connectivity index (χ2v) is 5.75. The second kappa shape index (κ2) is 5.46. The van der Waals surface area contributed by atoms with E-state index in [2.05, 4.69) is 0 Å². The average Bonchev–Trinajstić information content (AvgIpc) is 2.51. The number of carboxylic acid groups (broad SMARTS) is 1. The SMILES string of the molecule is CN1C(=O)c2ccccc2C(C(=O)O)C1c1ccc(Cl)cc1. The van der Waals surface area contributed by atoms with Crippen molar-refractivity contribution in [3.63, 3.8) is 0 Å². The summed E-state index contributed by atoms with van der Waals surface area (Å²) in [5.41, 5.74) is 1.75. The number of fused-ring (bicyclic) bond motifs is 1. The van der Waals surface area contributed by atoms with E-state index in [0.717, 1.165) is 5.56 Å². The predicted molar refractivity (Wildman–Crippen MR) is 83.1 cm³/mol. The number of carboxylic acids is 1. The molecule has 1 heterocycles. The van der Waals surface area contributed by atoms with E-state index in [-0.39, 0.29) is 5.91 Å². The van der Waals surface area contributed by atoms with Gasteiger partial charge in [0.15, 0.2) is 0 Å². The van der Waals surface area contributed by atoms with Crippen molar-refractivity contribution in [2.45, 2.75) is 12.0 Å². The van der Waals surface area contributed by atoms with Crippen molar-refractivity contribution in [2.75, 3.05) is 7.05 Å². The molecule has 2 aromatic carbocycles. The van der Waals surface area contributed by atoms with Crippen molar-refractivity contribution in [1.29, 1.82) is 0 Å². The molecule has 112 valence electrons. The largest absolute Gasteiger partial charge is 0.481 e. The van der Waals surface area contributed by atoms with Gasteiger partial charge in [-0.3, -0.25) is 9.59 Å². The summed E-state index contributed by atoms with van der Waals surface area (Å²) in [7, 11) is 1.63. The van der Waals surface area contributed by atoms with Gasteiger partial charge in [0.1, 0.15) is 5.92 Å². The molecule has 5 heteroatoms. The van der Waals surface area contributed by atoms with Gasteiger partial charge < -0.3 is 10.0 Å². The molecular weight excluding hydrogens is 302 g/mol. The van der Waals surface area contributed by atoms with Crippen LogP contribution >= 0.6 is 11.6 Å². The van der Waals surface area contributed by atoms with Crippen LogP contribution < -0.4 is 0 Å². The summed E-state index contributed by atoms with van der Waals surface area (Å²) in [6.45, 7) is 0. The number of nitrogens with zero attached hydrogens (tertiary/aromatic N) is 1. The Bertz CT molecular complexity index is 742. The van der Waals surface area contributed by atoms with E-state index < -0.39 is 17.9 Å². The third-order valence-corrected chi connectivity index (χ3v) is 4.31. The third-order valence-electron chi connectivity index (χ3n) is 4.06. The first-order chi connectivity index (χ1) is 10.5. The number of amides is 1. The fourth-order valence-electron chi connectivity index (χ4n) is 3.02. The molecule has 1 amide bonds. The molecule has 1 N–H and O–H groups in total. The maximum atomic E-state index is 12.5. The topological polar surface area (TPSA) is 57.6 Å². The predicted octanol–water partition coefficient (Wildman–Crippen LogP) is 3.34. The minimum Gasteiger partial charge on any atom is -0.481 e. The summed E-state index contributed by atoms with van der Waals surface area (Å²) >= 11 is 5.90. The van der Waals surface area contributed by atoms with Crippen molar-refractivity contribution in [3.8, 4) is 0 Å². The Kier molecular flexibility index (Phi) is 3.62. The number of hydrogen-bond acceptors (Lipinski definition) is 2. The lowest BCUT2D eigenvalue weighted by molar-refractivity contribution is -0.140. The summed E-state index contributed by atoms with van der Waals surface area (Å²) in [5.74, 6) is -1.93. The molecule has 2 unspecified atom stereocenters. The molecule has 2 aromatic rings. The lowest BCUT2D eigenvalue weighted by Gasteiger charge is -2.38. The Balaban J connectivity index is 2.18. The molecule has 22 heavy (non-hydrogen) atoms. The smallest absolute Gasteiger partial charge is 0.313 e. The summed E-state index contributed by atoms with van der Waals surface area (Å²) in [6, 6.07) is 13.3. The molecule has 3 rings (SSSR count). The molecule has 0 aromatic heterocycles. The monoisotopic (exact) mass is 315 g/mol. The Morgan fingerprint density at radius 2 is 1.77 bits per heavy atom. The highest BCUT2D eigenvalue weighted by Crippen LogP contribution is 2.42. The van der Waals surface area contributed by atoms with Crippen molar-refractivity contribution >= 4 is 23.5 Å². The third kappa shape index (κ3) is 2.25. The standard InChI is InChI=1S/C17H14ClNO3/c1-19-15(10-6-8-11(18)9-7-10)14(17(21)22)12-4-2-3-5-13(12)16(19)20/h2-9,14-15H,1H3,(H,21,22). The van der Waals surface area contributed by atoms with E-state index in [9.17, 15) is 14.7 Å². The Hall–Kier alpha value is -2.33. The molecule has 0 aliphatic carbocycles. The van der Waals surface area contributed by atoms with Crippen LogP contribution in [0.5, 0.6) is 0 Å². The van der Waals surface area contributed by atoms with Crippen LogP contribution in [0.15, 0.2) is 48.5 Å². The van der Waals surface area contributed by atoms with Crippen LogP contribution in [-0.4, -0.2) is 28.9 Å². The first-order valence-electron chi connectivity index (χ1n) is 6.85. The van der Waals surface area contributed by atoms with Gasteiger partial charge in [0.05, 0.1) is 6.04 Å². The number of halogens is 1. The van der Waals surface area contributed by atoms with Crippen LogP contribution in [0.3, 0.4) is 0 Å². The van der Waals surface area contributed by atoms with E-state index >= 15 is 0 Å². The molecule has 0 radical (unpaired) electrons. The van der Waals surface area contributed by atoms with Crippen LogP contribution in [-0.2, 0) is 4.79 Å². The van der Waals surface area contributed by atoms with Gasteiger partial charge in [0.2, 0.25) is 0 Å². The Morgan fingerprint density at radius 3 is 2.41 bits per heavy atom. The second-order valence-electron chi connectivity index (χ2n) is 5.32. The zero-order valence-corrected chi connectivity index (χ0v) is 12.6. The molecule has 0 spiro atoms. The summed E-state index contributed by atoms with van der Waals surface area (Å²) in [6.07, 6.45) is 0. The molecule has 2 atom stereocenters. The minimum atomic E-state index is -0.952. The molecule has 0 bridgehead atoms. The van der Waals surface area contributed by atoms with Crippen LogP contribution in [0.1, 0.15) is 33.4 Å². The van der Waals surface area contributed by atoms with Gasteiger partial charge in [0, 0.05) is 17.6 Å². The molecule has 0 fully saturated rings. The Morgan fingerprint density at radius 1 is 1.14 bits per heavy atom. The molecular formula is C17H14ClNO3. The van der Waals surface area contributed by atoms with E-state index in [1.807, 2.05) is 0 Å². The van der Waals surface area contributed by atoms with Crippen molar-refractivity contribution in [1.82, 2.24) is 4.90 Å². The molecule has 1 aliphatic heterocycles. The maximum absolute atomic E-state index is 12.5. The number of benzene rings is 2. The number of hydrogen-bond donors (Lipinski definition) is 1. The van der Waals surface area contributed by atoms with E-state index in [1.54, 1.807) is 55.6 Å². The average molecular weight is 316 g/mol. The summed E-state index contributed by atoms with van der Waals surface area (Å²) < 4.78 is 0. The minimum absolute atomic E-state index is 0.173. The zero-order chi connectivity index (χ0) is 15.9. The van der Waals surface area contributed by atoms with Gasteiger partial charge >= 0.3 is 5.97 Å². The lowest BCUT2D eigenvalue weighted by Crippen LogP contribution is -2.42. The van der Waals surface area contributed by atoms with E-state index in [4.69, 9.17) is 11.6 Å². The normalized spacial score (nSPS) is 20.6. The molecule has 0 saturated carbocycles. The van der Waals surface area contributed by atoms with Crippen LogP contribution in [0, 0.1) is 0 Å². The highest BCUT2D eigenvalue weighted by atomic mass is 35.5.